The third-order valence-electron chi connectivity index (χ3n) is 3.70. The maximum Gasteiger partial charge on any atom is 0.317 e. The van der Waals surface area contributed by atoms with Crippen LogP contribution in [0.25, 0.3) is 0 Å². The van der Waals surface area contributed by atoms with Gasteiger partial charge in [-0.15, -0.1) is 10.2 Å². The van der Waals surface area contributed by atoms with Crippen LogP contribution in [-0.4, -0.2) is 15.6 Å². The first-order valence-electron chi connectivity index (χ1n) is 6.66. The summed E-state index contributed by atoms with van der Waals surface area (Å²) >= 11 is 0. The lowest BCUT2D eigenvalue weighted by Gasteiger charge is -2.24. The number of nitro groups is 2. The Bertz CT molecular complexity index is 848. The molecule has 0 N–H and O–H groups in total. The molecular weight excluding hydrogens is 302 g/mol. The number of hydrogen-bond acceptors (Lipinski definition) is 7. The number of allylic oxidation sites excluding steroid dienone is 1. The minimum atomic E-state index is -1.98. The maximum atomic E-state index is 12.0. The Morgan fingerprint density at radius 3 is 2.30 bits per heavy atom. The zero-order chi connectivity index (χ0) is 16.8. The maximum absolute atomic E-state index is 12.0. The monoisotopic (exact) mass is 313 g/mol. The van der Waals surface area contributed by atoms with Gasteiger partial charge in [-0.25, -0.2) is 0 Å². The minimum absolute atomic E-state index is 0.0156. The number of benzene rings is 1. The summed E-state index contributed by atoms with van der Waals surface area (Å²) in [7, 11) is 0. The molecule has 0 saturated carbocycles. The standard InChI is InChI=1S/C14H11N5O4/c1-8-3-9(2)5-10(4-8)14(19(22)23)7-11(18(20)21)6-12-13(14)16-17-15-12/h3-7H,1-2H3. The van der Waals surface area contributed by atoms with Gasteiger partial charge in [0.05, 0.1) is 11.0 Å². The number of hydrogen-bond donors (Lipinski definition) is 0. The largest absolute Gasteiger partial charge is 0.317 e. The lowest BCUT2D eigenvalue weighted by Crippen LogP contribution is -2.44. The fourth-order valence-corrected chi connectivity index (χ4v) is 2.81. The molecule has 116 valence electrons. The highest BCUT2D eigenvalue weighted by Gasteiger charge is 2.55. The SMILES string of the molecule is Cc1cc(C)cc(C2([N+](=O)[O-])C=C([N+](=O)[O-])C=C3N=NN=C32)c1. The predicted molar refractivity (Wildman–Crippen MR) is 80.0 cm³/mol. The molecule has 0 aromatic heterocycles. The fourth-order valence-electron chi connectivity index (χ4n) is 2.81. The van der Waals surface area contributed by atoms with Crippen LogP contribution in [0.4, 0.5) is 0 Å². The van der Waals surface area contributed by atoms with Crippen LogP contribution in [0.15, 0.2) is 57.2 Å². The van der Waals surface area contributed by atoms with Crippen molar-refractivity contribution in [3.63, 3.8) is 0 Å². The molecule has 23 heavy (non-hydrogen) atoms. The van der Waals surface area contributed by atoms with E-state index in [2.05, 4.69) is 15.4 Å². The van der Waals surface area contributed by atoms with Gasteiger partial charge in [-0.05, 0) is 31.2 Å². The molecule has 1 aliphatic heterocycles. The van der Waals surface area contributed by atoms with Gasteiger partial charge in [-0.3, -0.25) is 20.2 Å². The molecule has 0 saturated heterocycles. The molecule has 9 heteroatoms. The van der Waals surface area contributed by atoms with Crippen molar-refractivity contribution in [2.45, 2.75) is 19.4 Å². The Balaban J connectivity index is 2.35. The molecule has 0 spiro atoms. The van der Waals surface area contributed by atoms with E-state index in [4.69, 9.17) is 0 Å². The summed E-state index contributed by atoms with van der Waals surface area (Å²) in [5.74, 6) is 0. The van der Waals surface area contributed by atoms with Crippen molar-refractivity contribution in [1.82, 2.24) is 0 Å². The van der Waals surface area contributed by atoms with E-state index < -0.39 is 21.1 Å². The van der Waals surface area contributed by atoms with Crippen LogP contribution >= 0.6 is 0 Å². The van der Waals surface area contributed by atoms with E-state index in [-0.39, 0.29) is 17.0 Å². The van der Waals surface area contributed by atoms with Crippen LogP contribution in [0, 0.1) is 34.1 Å². The van der Waals surface area contributed by atoms with Gasteiger partial charge in [0.15, 0.2) is 5.71 Å². The van der Waals surface area contributed by atoms with Gasteiger partial charge in [0, 0.05) is 16.6 Å². The Kier molecular flexibility index (Phi) is 3.13. The molecule has 2 aliphatic rings. The van der Waals surface area contributed by atoms with Gasteiger partial charge in [0.2, 0.25) is 0 Å². The first-order chi connectivity index (χ1) is 10.8. The van der Waals surface area contributed by atoms with Gasteiger partial charge < -0.3 is 0 Å². The van der Waals surface area contributed by atoms with E-state index >= 15 is 0 Å². The van der Waals surface area contributed by atoms with E-state index in [9.17, 15) is 20.2 Å². The van der Waals surface area contributed by atoms with E-state index in [1.807, 2.05) is 6.07 Å². The Morgan fingerprint density at radius 2 is 1.74 bits per heavy atom. The molecule has 1 unspecified atom stereocenters. The first kappa shape index (κ1) is 14.7. The van der Waals surface area contributed by atoms with Gasteiger partial charge in [0.25, 0.3) is 5.70 Å². The topological polar surface area (TPSA) is 123 Å². The summed E-state index contributed by atoms with van der Waals surface area (Å²) in [6.07, 6.45) is 2.14. The summed E-state index contributed by atoms with van der Waals surface area (Å²) in [5, 5.41) is 34.0. The van der Waals surface area contributed by atoms with Gasteiger partial charge in [0.1, 0.15) is 5.70 Å². The Hall–Kier alpha value is -3.23. The first-order valence-corrected chi connectivity index (χ1v) is 6.66. The summed E-state index contributed by atoms with van der Waals surface area (Å²) < 4.78 is 0. The number of nitrogens with zero attached hydrogens (tertiary/aromatic N) is 5. The van der Waals surface area contributed by atoms with Crippen LogP contribution in [0.5, 0.6) is 0 Å². The van der Waals surface area contributed by atoms with Crippen molar-refractivity contribution >= 4 is 5.71 Å². The molecule has 1 aromatic rings. The Morgan fingerprint density at radius 1 is 1.09 bits per heavy atom. The highest BCUT2D eigenvalue weighted by Crippen LogP contribution is 2.39. The molecule has 0 bridgehead atoms. The molecule has 1 aromatic carbocycles. The Labute approximate surface area is 130 Å². The van der Waals surface area contributed by atoms with Crippen molar-refractivity contribution in [3.8, 4) is 0 Å². The molecule has 1 atom stereocenters. The predicted octanol–water partition coefficient (Wildman–Crippen LogP) is 2.66. The second-order valence-corrected chi connectivity index (χ2v) is 5.39. The van der Waals surface area contributed by atoms with Crippen LogP contribution in [-0.2, 0) is 5.54 Å². The fraction of sp³-hybridized carbons (Fsp3) is 0.214. The van der Waals surface area contributed by atoms with Crippen molar-refractivity contribution in [2.75, 3.05) is 0 Å². The summed E-state index contributed by atoms with van der Waals surface area (Å²) in [5.41, 5.74) is -0.464. The molecule has 9 nitrogen and oxygen atoms in total. The molecular formula is C14H11N5O4. The second kappa shape index (κ2) is 4.90. The van der Waals surface area contributed by atoms with E-state index in [0.717, 1.165) is 23.3 Å². The zero-order valence-corrected chi connectivity index (χ0v) is 12.3. The molecule has 3 rings (SSSR count). The van der Waals surface area contributed by atoms with Crippen molar-refractivity contribution < 1.29 is 9.85 Å². The van der Waals surface area contributed by atoms with Crippen molar-refractivity contribution in [1.29, 1.82) is 0 Å². The number of fused-ring (bicyclic) bond motifs is 1. The smallest absolute Gasteiger partial charge is 0.263 e. The third kappa shape index (κ3) is 2.13. The van der Waals surface area contributed by atoms with E-state index in [1.165, 1.54) is 0 Å². The second-order valence-electron chi connectivity index (χ2n) is 5.39. The zero-order valence-electron chi connectivity index (χ0n) is 12.3. The molecule has 0 radical (unpaired) electrons. The van der Waals surface area contributed by atoms with Crippen LogP contribution < -0.4 is 0 Å². The van der Waals surface area contributed by atoms with Crippen LogP contribution in [0.3, 0.4) is 0 Å². The average Bonchev–Trinajstić information content (AvgIpc) is 2.93. The quantitative estimate of drug-likeness (QED) is 0.628. The lowest BCUT2D eigenvalue weighted by molar-refractivity contribution is -0.543. The summed E-state index contributed by atoms with van der Waals surface area (Å²) in [6, 6.07) is 5.10. The van der Waals surface area contributed by atoms with Gasteiger partial charge in [-0.1, -0.05) is 17.2 Å². The summed E-state index contributed by atoms with van der Waals surface area (Å²) in [4.78, 5) is 21.9. The number of rotatable bonds is 3. The molecule has 1 heterocycles. The van der Waals surface area contributed by atoms with Crippen molar-refractivity contribution in [2.24, 2.45) is 15.4 Å². The number of aryl methyl sites for hydroxylation is 2. The van der Waals surface area contributed by atoms with Crippen LogP contribution in [0.2, 0.25) is 0 Å². The molecule has 0 fully saturated rings. The van der Waals surface area contributed by atoms with E-state index in [0.29, 0.717) is 0 Å². The molecule has 1 aliphatic carbocycles. The highest BCUT2D eigenvalue weighted by atomic mass is 16.6. The highest BCUT2D eigenvalue weighted by molar-refractivity contribution is 6.09. The van der Waals surface area contributed by atoms with Gasteiger partial charge in [-0.2, -0.15) is 0 Å². The average molecular weight is 313 g/mol. The summed E-state index contributed by atoms with van der Waals surface area (Å²) in [6.45, 7) is 3.60. The minimum Gasteiger partial charge on any atom is -0.263 e. The van der Waals surface area contributed by atoms with E-state index in [1.54, 1.807) is 26.0 Å². The third-order valence-corrected chi connectivity index (χ3v) is 3.70. The normalized spacial score (nSPS) is 22.1. The van der Waals surface area contributed by atoms with Crippen LogP contribution in [0.1, 0.15) is 16.7 Å². The lowest BCUT2D eigenvalue weighted by atomic mass is 9.79. The van der Waals surface area contributed by atoms with Crippen molar-refractivity contribution in [3.05, 3.63) is 78.7 Å². The van der Waals surface area contributed by atoms with Gasteiger partial charge >= 0.3 is 5.54 Å². The molecule has 0 amide bonds.